The van der Waals surface area contributed by atoms with Crippen molar-refractivity contribution >= 4 is 16.8 Å². The first-order valence-corrected chi connectivity index (χ1v) is 5.20. The van der Waals surface area contributed by atoms with Crippen molar-refractivity contribution in [3.63, 3.8) is 0 Å². The largest absolute Gasteiger partial charge is 0.293 e. The van der Waals surface area contributed by atoms with Crippen molar-refractivity contribution in [2.24, 2.45) is 5.84 Å². The van der Waals surface area contributed by atoms with Gasteiger partial charge in [-0.15, -0.1) is 0 Å². The number of para-hydroxylation sites is 1. The molecule has 0 saturated carbocycles. The number of nitrogens with two attached hydrogens (primary N) is 1. The van der Waals surface area contributed by atoms with Gasteiger partial charge in [0.15, 0.2) is 0 Å². The summed E-state index contributed by atoms with van der Waals surface area (Å²) in [4.78, 5) is 11.2. The Balaban J connectivity index is 2.49. The van der Waals surface area contributed by atoms with E-state index >= 15 is 0 Å². The van der Waals surface area contributed by atoms with Crippen LogP contribution in [0.2, 0.25) is 0 Å². The second kappa shape index (κ2) is 4.32. The molecule has 5 heteroatoms. The molecule has 5 nitrogen and oxygen atoms in total. The highest BCUT2D eigenvalue weighted by Crippen LogP contribution is 2.18. The third kappa shape index (κ3) is 1.77. The molecule has 84 valence electrons. The molecule has 16 heavy (non-hydrogen) atoms. The Morgan fingerprint density at radius 2 is 2.25 bits per heavy atom. The van der Waals surface area contributed by atoms with Gasteiger partial charge in [-0.3, -0.25) is 14.9 Å². The molecule has 0 fully saturated rings. The summed E-state index contributed by atoms with van der Waals surface area (Å²) in [5.41, 5.74) is 4.07. The van der Waals surface area contributed by atoms with E-state index in [1.54, 1.807) is 4.68 Å². The van der Waals surface area contributed by atoms with Gasteiger partial charge < -0.3 is 0 Å². The molecular formula is C11H14N4O. The number of rotatable bonds is 3. The fourth-order valence-corrected chi connectivity index (χ4v) is 1.76. The SMILES string of the molecule is CCc1nn(CC(=O)NN)c2ccccc12. The maximum Gasteiger partial charge on any atom is 0.255 e. The lowest BCUT2D eigenvalue weighted by molar-refractivity contribution is -0.121. The smallest absolute Gasteiger partial charge is 0.255 e. The van der Waals surface area contributed by atoms with Crippen LogP contribution >= 0.6 is 0 Å². The summed E-state index contributed by atoms with van der Waals surface area (Å²) >= 11 is 0. The summed E-state index contributed by atoms with van der Waals surface area (Å²) in [6, 6.07) is 7.86. The van der Waals surface area contributed by atoms with Crippen LogP contribution in [0, 0.1) is 0 Å². The third-order valence-corrected chi connectivity index (χ3v) is 2.52. The molecule has 0 unspecified atom stereocenters. The fraction of sp³-hybridized carbons (Fsp3) is 0.273. The molecule has 0 atom stereocenters. The summed E-state index contributed by atoms with van der Waals surface area (Å²) in [7, 11) is 0. The van der Waals surface area contributed by atoms with Gasteiger partial charge in [-0.1, -0.05) is 25.1 Å². The van der Waals surface area contributed by atoms with Crippen LogP contribution in [0.1, 0.15) is 12.6 Å². The van der Waals surface area contributed by atoms with Gasteiger partial charge in [0.25, 0.3) is 5.91 Å². The van der Waals surface area contributed by atoms with Gasteiger partial charge in [0.1, 0.15) is 6.54 Å². The van der Waals surface area contributed by atoms with Crippen molar-refractivity contribution in [2.45, 2.75) is 19.9 Å². The van der Waals surface area contributed by atoms with Crippen LogP contribution in [0.25, 0.3) is 10.9 Å². The summed E-state index contributed by atoms with van der Waals surface area (Å²) in [5.74, 6) is 4.81. The van der Waals surface area contributed by atoms with Crippen LogP contribution in [-0.2, 0) is 17.8 Å². The quantitative estimate of drug-likeness (QED) is 0.450. The first-order valence-electron chi connectivity index (χ1n) is 5.20. The highest BCUT2D eigenvalue weighted by molar-refractivity contribution is 5.84. The van der Waals surface area contributed by atoms with Crippen LogP contribution in [0.4, 0.5) is 0 Å². The molecule has 1 aromatic heterocycles. The first kappa shape index (κ1) is 10.6. The van der Waals surface area contributed by atoms with Crippen molar-refractivity contribution in [3.05, 3.63) is 30.0 Å². The molecule has 0 aliphatic heterocycles. The van der Waals surface area contributed by atoms with Crippen LogP contribution in [0.5, 0.6) is 0 Å². The molecule has 0 bridgehead atoms. The van der Waals surface area contributed by atoms with Gasteiger partial charge in [0.2, 0.25) is 0 Å². The number of aryl methyl sites for hydroxylation is 1. The number of nitrogens with one attached hydrogen (secondary N) is 1. The van der Waals surface area contributed by atoms with Gasteiger partial charge in [0, 0.05) is 5.39 Å². The van der Waals surface area contributed by atoms with Gasteiger partial charge in [-0.05, 0) is 12.5 Å². The normalized spacial score (nSPS) is 10.6. The van der Waals surface area contributed by atoms with E-state index in [1.165, 1.54) is 0 Å². The molecule has 0 saturated heterocycles. The summed E-state index contributed by atoms with van der Waals surface area (Å²) in [6.45, 7) is 2.19. The second-order valence-corrected chi connectivity index (χ2v) is 3.54. The molecule has 0 radical (unpaired) electrons. The molecule has 1 amide bonds. The van der Waals surface area contributed by atoms with Gasteiger partial charge in [-0.25, -0.2) is 5.84 Å². The standard InChI is InChI=1S/C11H14N4O/c1-2-9-8-5-3-4-6-10(8)15(14-9)7-11(16)13-12/h3-6H,2,7,12H2,1H3,(H,13,16). The van der Waals surface area contributed by atoms with Crippen LogP contribution in [0.3, 0.4) is 0 Å². The van der Waals surface area contributed by atoms with Crippen molar-refractivity contribution in [3.8, 4) is 0 Å². The van der Waals surface area contributed by atoms with E-state index in [4.69, 9.17) is 5.84 Å². The number of carbonyl (C=O) groups is 1. The zero-order valence-electron chi connectivity index (χ0n) is 9.10. The Morgan fingerprint density at radius 1 is 1.50 bits per heavy atom. The van der Waals surface area contributed by atoms with Crippen molar-refractivity contribution in [2.75, 3.05) is 0 Å². The Labute approximate surface area is 93.2 Å². The number of hydrogen-bond donors (Lipinski definition) is 2. The lowest BCUT2D eigenvalue weighted by atomic mass is 10.2. The average molecular weight is 218 g/mol. The Hall–Kier alpha value is -1.88. The molecule has 1 heterocycles. The number of amides is 1. The van der Waals surface area contributed by atoms with Crippen LogP contribution in [-0.4, -0.2) is 15.7 Å². The maximum absolute atomic E-state index is 11.2. The zero-order valence-corrected chi connectivity index (χ0v) is 9.10. The Morgan fingerprint density at radius 3 is 2.94 bits per heavy atom. The number of carbonyl (C=O) groups excluding carboxylic acids is 1. The van der Waals surface area contributed by atoms with Gasteiger partial charge in [-0.2, -0.15) is 5.10 Å². The Kier molecular flexibility index (Phi) is 2.87. The monoisotopic (exact) mass is 218 g/mol. The predicted molar refractivity (Wildman–Crippen MR) is 61.4 cm³/mol. The zero-order chi connectivity index (χ0) is 11.5. The molecule has 0 spiro atoms. The third-order valence-electron chi connectivity index (χ3n) is 2.52. The predicted octanol–water partition coefficient (Wildman–Crippen LogP) is 0.589. The molecule has 3 N–H and O–H groups in total. The Bertz CT molecular complexity index is 518. The van der Waals surface area contributed by atoms with E-state index in [-0.39, 0.29) is 12.5 Å². The number of nitrogens with zero attached hydrogens (tertiary/aromatic N) is 2. The summed E-state index contributed by atoms with van der Waals surface area (Å²) in [6.07, 6.45) is 0.845. The minimum absolute atomic E-state index is 0.150. The van der Waals surface area contributed by atoms with E-state index in [9.17, 15) is 4.79 Å². The number of aromatic nitrogens is 2. The summed E-state index contributed by atoms with van der Waals surface area (Å²) in [5, 5.41) is 5.49. The van der Waals surface area contributed by atoms with Crippen LogP contribution < -0.4 is 11.3 Å². The van der Waals surface area contributed by atoms with Crippen molar-refractivity contribution < 1.29 is 4.79 Å². The minimum Gasteiger partial charge on any atom is -0.293 e. The fourth-order valence-electron chi connectivity index (χ4n) is 1.76. The minimum atomic E-state index is -0.254. The van der Waals surface area contributed by atoms with Crippen molar-refractivity contribution in [1.82, 2.24) is 15.2 Å². The highest BCUT2D eigenvalue weighted by Gasteiger charge is 2.10. The van der Waals surface area contributed by atoms with Gasteiger partial charge >= 0.3 is 0 Å². The molecule has 2 aromatic rings. The topological polar surface area (TPSA) is 72.9 Å². The highest BCUT2D eigenvalue weighted by atomic mass is 16.2. The number of fused-ring (bicyclic) bond motifs is 1. The average Bonchev–Trinajstić information content (AvgIpc) is 2.68. The molecule has 0 aliphatic carbocycles. The lowest BCUT2D eigenvalue weighted by Crippen LogP contribution is -2.33. The van der Waals surface area contributed by atoms with Gasteiger partial charge in [0.05, 0.1) is 11.2 Å². The molecule has 2 rings (SSSR count). The van der Waals surface area contributed by atoms with E-state index in [0.717, 1.165) is 23.0 Å². The molecule has 0 aliphatic rings. The molecular weight excluding hydrogens is 204 g/mol. The van der Waals surface area contributed by atoms with E-state index in [2.05, 4.69) is 10.5 Å². The second-order valence-electron chi connectivity index (χ2n) is 3.54. The number of hydrazine groups is 1. The van der Waals surface area contributed by atoms with E-state index in [1.807, 2.05) is 31.2 Å². The van der Waals surface area contributed by atoms with Crippen molar-refractivity contribution in [1.29, 1.82) is 0 Å². The van der Waals surface area contributed by atoms with E-state index < -0.39 is 0 Å². The first-order chi connectivity index (χ1) is 7.76. The van der Waals surface area contributed by atoms with E-state index in [0.29, 0.717) is 0 Å². The maximum atomic E-state index is 11.2. The lowest BCUT2D eigenvalue weighted by Gasteiger charge is -2.01. The van der Waals surface area contributed by atoms with Crippen LogP contribution in [0.15, 0.2) is 24.3 Å². The number of benzene rings is 1. The number of hydrogen-bond acceptors (Lipinski definition) is 3. The molecule has 1 aromatic carbocycles. The summed E-state index contributed by atoms with van der Waals surface area (Å²) < 4.78 is 1.68.